The fraction of sp³-hybridized carbons (Fsp3) is 0.222. The Balaban J connectivity index is 2.50. The van der Waals surface area contributed by atoms with E-state index in [9.17, 15) is 0 Å². The molecule has 58 valence electrons. The van der Waals surface area contributed by atoms with Gasteiger partial charge in [0.2, 0.25) is 0 Å². The second kappa shape index (κ2) is 4.63. The van der Waals surface area contributed by atoms with E-state index in [-0.39, 0.29) is 0 Å². The molecule has 2 heteroatoms. The largest absolute Gasteiger partial charge is 0.316 e. The fourth-order valence-corrected chi connectivity index (χ4v) is 0.772. The Kier molecular flexibility index (Phi) is 3.35. The Labute approximate surface area is 67.0 Å². The third-order valence-corrected chi connectivity index (χ3v) is 1.30. The fourth-order valence-electron chi connectivity index (χ4n) is 0.772. The summed E-state index contributed by atoms with van der Waals surface area (Å²) in [5.74, 6) is 0. The molecule has 0 unspecified atom stereocenters. The van der Waals surface area contributed by atoms with Crippen LogP contribution in [0.25, 0.3) is 6.08 Å². The predicted molar refractivity (Wildman–Crippen MR) is 47.2 cm³/mol. The number of nitrogens with one attached hydrogen (secondary N) is 1. The second-order valence-corrected chi connectivity index (χ2v) is 2.21. The van der Waals surface area contributed by atoms with Crippen LogP contribution >= 0.6 is 0 Å². The van der Waals surface area contributed by atoms with Crippen LogP contribution in [0.5, 0.6) is 0 Å². The average Bonchev–Trinajstić information content (AvgIpc) is 2.07. The molecule has 0 bridgehead atoms. The van der Waals surface area contributed by atoms with Gasteiger partial charge in [0.15, 0.2) is 0 Å². The van der Waals surface area contributed by atoms with Crippen LogP contribution in [-0.2, 0) is 0 Å². The molecule has 0 saturated carbocycles. The maximum Gasteiger partial charge on any atom is 0.0626 e. The van der Waals surface area contributed by atoms with Gasteiger partial charge in [0.05, 0.1) is 5.69 Å². The highest BCUT2D eigenvalue weighted by Crippen LogP contribution is 1.94. The maximum absolute atomic E-state index is 4.14. The number of rotatable bonds is 3. The smallest absolute Gasteiger partial charge is 0.0626 e. The third kappa shape index (κ3) is 2.96. The van der Waals surface area contributed by atoms with Crippen LogP contribution < -0.4 is 5.32 Å². The minimum atomic E-state index is 0.885. The second-order valence-electron chi connectivity index (χ2n) is 2.21. The highest BCUT2D eigenvalue weighted by atomic mass is 14.8. The summed E-state index contributed by atoms with van der Waals surface area (Å²) in [4.78, 5) is 4.14. The Bertz CT molecular complexity index is 216. The maximum atomic E-state index is 4.14. The van der Waals surface area contributed by atoms with E-state index in [2.05, 4.69) is 10.3 Å². The SMILES string of the molecule is CNCC=Cc1ccccn1. The molecule has 1 rings (SSSR count). The van der Waals surface area contributed by atoms with Gasteiger partial charge in [-0.25, -0.2) is 0 Å². The van der Waals surface area contributed by atoms with Gasteiger partial charge >= 0.3 is 0 Å². The number of aromatic nitrogens is 1. The minimum absolute atomic E-state index is 0.885. The van der Waals surface area contributed by atoms with E-state index in [1.165, 1.54) is 0 Å². The number of likely N-dealkylation sites (N-methyl/N-ethyl adjacent to an activating group) is 1. The molecule has 0 atom stereocenters. The van der Waals surface area contributed by atoms with E-state index in [1.54, 1.807) is 6.20 Å². The van der Waals surface area contributed by atoms with Crippen LogP contribution in [0.1, 0.15) is 5.69 Å². The summed E-state index contributed by atoms with van der Waals surface area (Å²) in [6.07, 6.45) is 5.83. The molecule has 2 nitrogen and oxygen atoms in total. The Hall–Kier alpha value is -1.15. The van der Waals surface area contributed by atoms with E-state index >= 15 is 0 Å². The summed E-state index contributed by atoms with van der Waals surface area (Å²) in [6.45, 7) is 0.885. The Morgan fingerprint density at radius 3 is 3.09 bits per heavy atom. The summed E-state index contributed by atoms with van der Waals surface area (Å²) in [6, 6.07) is 5.87. The normalized spacial score (nSPS) is 10.6. The van der Waals surface area contributed by atoms with Gasteiger partial charge in [-0.3, -0.25) is 4.98 Å². The van der Waals surface area contributed by atoms with Crippen LogP contribution in [0.4, 0.5) is 0 Å². The van der Waals surface area contributed by atoms with Gasteiger partial charge < -0.3 is 5.32 Å². The molecule has 0 aliphatic carbocycles. The monoisotopic (exact) mass is 148 g/mol. The van der Waals surface area contributed by atoms with Crippen molar-refractivity contribution in [2.75, 3.05) is 13.6 Å². The van der Waals surface area contributed by atoms with Gasteiger partial charge in [-0.1, -0.05) is 12.1 Å². The molecule has 1 N–H and O–H groups in total. The van der Waals surface area contributed by atoms with Crippen molar-refractivity contribution in [2.45, 2.75) is 0 Å². The van der Waals surface area contributed by atoms with Crippen molar-refractivity contribution in [2.24, 2.45) is 0 Å². The van der Waals surface area contributed by atoms with Crippen LogP contribution in [0.3, 0.4) is 0 Å². The molecule has 0 amide bonds. The van der Waals surface area contributed by atoms with Crippen molar-refractivity contribution in [3.63, 3.8) is 0 Å². The van der Waals surface area contributed by atoms with E-state index in [4.69, 9.17) is 0 Å². The molecule has 0 aliphatic rings. The molecule has 0 fully saturated rings. The van der Waals surface area contributed by atoms with E-state index in [1.807, 2.05) is 37.4 Å². The molecule has 1 heterocycles. The topological polar surface area (TPSA) is 24.9 Å². The molecule has 0 spiro atoms. The van der Waals surface area contributed by atoms with Gasteiger partial charge in [0.1, 0.15) is 0 Å². The molecule has 0 aliphatic heterocycles. The first-order chi connectivity index (χ1) is 5.43. The van der Waals surface area contributed by atoms with Crippen molar-refractivity contribution < 1.29 is 0 Å². The first-order valence-electron chi connectivity index (χ1n) is 3.65. The molecule has 0 radical (unpaired) electrons. The average molecular weight is 148 g/mol. The molecule has 0 saturated heterocycles. The number of hydrogen-bond acceptors (Lipinski definition) is 2. The van der Waals surface area contributed by atoms with E-state index < -0.39 is 0 Å². The Morgan fingerprint density at radius 2 is 2.45 bits per heavy atom. The lowest BCUT2D eigenvalue weighted by Crippen LogP contribution is -2.03. The summed E-state index contributed by atoms with van der Waals surface area (Å²) < 4.78 is 0. The molecule has 1 aromatic rings. The first kappa shape index (κ1) is 7.95. The lowest BCUT2D eigenvalue weighted by atomic mass is 10.3. The van der Waals surface area contributed by atoms with Crippen molar-refractivity contribution >= 4 is 6.08 Å². The molecule has 11 heavy (non-hydrogen) atoms. The number of hydrogen-bond donors (Lipinski definition) is 1. The summed E-state index contributed by atoms with van der Waals surface area (Å²) in [5.41, 5.74) is 1.00. The van der Waals surface area contributed by atoms with Gasteiger partial charge in [-0.05, 0) is 25.3 Å². The van der Waals surface area contributed by atoms with Gasteiger partial charge in [-0.15, -0.1) is 0 Å². The quantitative estimate of drug-likeness (QED) is 0.699. The minimum Gasteiger partial charge on any atom is -0.316 e. The predicted octanol–water partition coefficient (Wildman–Crippen LogP) is 1.31. The zero-order valence-electron chi connectivity index (χ0n) is 6.62. The van der Waals surface area contributed by atoms with Crippen LogP contribution in [0, 0.1) is 0 Å². The van der Waals surface area contributed by atoms with Crippen LogP contribution in [0.15, 0.2) is 30.5 Å². The Morgan fingerprint density at radius 1 is 1.55 bits per heavy atom. The van der Waals surface area contributed by atoms with Crippen molar-refractivity contribution in [1.29, 1.82) is 0 Å². The van der Waals surface area contributed by atoms with Gasteiger partial charge in [-0.2, -0.15) is 0 Å². The lowest BCUT2D eigenvalue weighted by Gasteiger charge is -1.90. The number of pyridine rings is 1. The van der Waals surface area contributed by atoms with E-state index in [0.717, 1.165) is 12.2 Å². The van der Waals surface area contributed by atoms with Crippen molar-refractivity contribution in [3.05, 3.63) is 36.2 Å². The molecule has 0 aromatic carbocycles. The van der Waals surface area contributed by atoms with Crippen LogP contribution in [-0.4, -0.2) is 18.6 Å². The zero-order valence-corrected chi connectivity index (χ0v) is 6.62. The summed E-state index contributed by atoms with van der Waals surface area (Å²) in [5, 5.41) is 3.02. The van der Waals surface area contributed by atoms with Gasteiger partial charge in [0, 0.05) is 12.7 Å². The highest BCUT2D eigenvalue weighted by molar-refractivity contribution is 5.43. The van der Waals surface area contributed by atoms with Gasteiger partial charge in [0.25, 0.3) is 0 Å². The lowest BCUT2D eigenvalue weighted by molar-refractivity contribution is 0.922. The van der Waals surface area contributed by atoms with E-state index in [0.29, 0.717) is 0 Å². The van der Waals surface area contributed by atoms with Crippen molar-refractivity contribution in [1.82, 2.24) is 10.3 Å². The first-order valence-corrected chi connectivity index (χ1v) is 3.65. The molecular formula is C9H12N2. The standard InChI is InChI=1S/C9H12N2/c1-10-7-4-6-9-5-2-3-8-11-9/h2-6,8,10H,7H2,1H3. The molecular weight excluding hydrogens is 136 g/mol. The van der Waals surface area contributed by atoms with Crippen molar-refractivity contribution in [3.8, 4) is 0 Å². The third-order valence-electron chi connectivity index (χ3n) is 1.30. The number of nitrogens with zero attached hydrogens (tertiary/aromatic N) is 1. The van der Waals surface area contributed by atoms with Crippen LogP contribution in [0.2, 0.25) is 0 Å². The zero-order chi connectivity index (χ0) is 7.94. The molecule has 1 aromatic heterocycles. The highest BCUT2D eigenvalue weighted by Gasteiger charge is 1.81. The summed E-state index contributed by atoms with van der Waals surface area (Å²) in [7, 11) is 1.92. The summed E-state index contributed by atoms with van der Waals surface area (Å²) >= 11 is 0.